The summed E-state index contributed by atoms with van der Waals surface area (Å²) in [6.07, 6.45) is 3.21. The average Bonchev–Trinajstić information content (AvgIpc) is 3.96. The van der Waals surface area contributed by atoms with E-state index in [2.05, 4.69) is 42.2 Å². The molecule has 19 heteroatoms. The molecule has 0 saturated carbocycles. The number of phenols is 1. The average molecular weight is 906 g/mol. The van der Waals surface area contributed by atoms with Crippen LogP contribution in [0.2, 0.25) is 0 Å². The van der Waals surface area contributed by atoms with Crippen LogP contribution in [0.5, 0.6) is 5.75 Å². The molecule has 12 N–H and O–H groups in total. The van der Waals surface area contributed by atoms with Crippen molar-refractivity contribution >= 4 is 58.2 Å². The van der Waals surface area contributed by atoms with Crippen molar-refractivity contribution in [3.05, 3.63) is 102 Å². The number of aromatic nitrogens is 1. The lowest BCUT2D eigenvalue weighted by Gasteiger charge is -2.31. The molecule has 0 unspecified atom stereocenters. The topological polar surface area (TPSA) is 293 Å². The first-order valence-electron chi connectivity index (χ1n) is 22.3. The first-order valence-corrected chi connectivity index (χ1v) is 22.3. The van der Waals surface area contributed by atoms with E-state index in [4.69, 9.17) is 11.1 Å². The second-order valence-corrected chi connectivity index (χ2v) is 16.7. The Hall–Kier alpha value is -7.44. The van der Waals surface area contributed by atoms with Crippen molar-refractivity contribution in [3.63, 3.8) is 0 Å². The standard InChI is InChI=1S/C47H59N11O8/c1-28(59)53-37(24-29-10-3-2-4-11-29)42(62)55-36-15-8-21-50-41(61)35(14-7-22-51-47(48)49)54-44(64)39(26-31-27-52-34-13-6-5-12-33(31)34)56-43(63)38(25-30-17-19-32(60)20-18-30)57-45(65)40-16-9-23-58(40)46(36)66/h2-6,10-13,17-20,27,35-40,52,60H,7-9,14-16,21-26H2,1H3,(H,50,61)(H,53,59)(H,54,64)(H,55,62)(H,56,63)(H,57,65)(H4,48,49,51)/t35-,36-,37-,38+,39-,40-/m0/s1. The van der Waals surface area contributed by atoms with Crippen LogP contribution in [0.25, 0.3) is 10.9 Å². The number of carbonyl (C=O) groups excluding carboxylic acids is 7. The van der Waals surface area contributed by atoms with E-state index >= 15 is 0 Å². The number of aromatic hydroxyl groups is 1. The van der Waals surface area contributed by atoms with E-state index in [0.717, 1.165) is 16.5 Å². The van der Waals surface area contributed by atoms with E-state index in [-0.39, 0.29) is 76.3 Å². The van der Waals surface area contributed by atoms with Crippen molar-refractivity contribution in [2.24, 2.45) is 5.73 Å². The zero-order chi connectivity index (χ0) is 47.2. The Bertz CT molecular complexity index is 2370. The van der Waals surface area contributed by atoms with Crippen LogP contribution in [0, 0.1) is 5.41 Å². The molecule has 6 atom stereocenters. The van der Waals surface area contributed by atoms with Crippen molar-refractivity contribution in [3.8, 4) is 5.75 Å². The number of benzene rings is 3. The molecule has 3 aromatic carbocycles. The van der Waals surface area contributed by atoms with Gasteiger partial charge in [0.25, 0.3) is 0 Å². The van der Waals surface area contributed by atoms with Crippen molar-refractivity contribution in [1.29, 1.82) is 5.41 Å². The Morgan fingerprint density at radius 3 is 2.23 bits per heavy atom. The first-order chi connectivity index (χ1) is 31.7. The number of para-hydroxylation sites is 1. The monoisotopic (exact) mass is 905 g/mol. The Labute approximate surface area is 382 Å². The number of carbonyl (C=O) groups is 7. The maximum atomic E-state index is 14.6. The van der Waals surface area contributed by atoms with Gasteiger partial charge in [-0.1, -0.05) is 60.7 Å². The summed E-state index contributed by atoms with van der Waals surface area (Å²) in [5.41, 5.74) is 8.36. The quantitative estimate of drug-likeness (QED) is 0.0502. The van der Waals surface area contributed by atoms with Crippen LogP contribution < -0.4 is 43.0 Å². The number of H-pyrrole nitrogens is 1. The molecule has 66 heavy (non-hydrogen) atoms. The Morgan fingerprint density at radius 2 is 1.50 bits per heavy atom. The molecule has 0 bridgehead atoms. The lowest BCUT2D eigenvalue weighted by molar-refractivity contribution is -0.142. The van der Waals surface area contributed by atoms with Crippen LogP contribution in [0.4, 0.5) is 0 Å². The van der Waals surface area contributed by atoms with Gasteiger partial charge in [-0.2, -0.15) is 0 Å². The molecule has 2 saturated heterocycles. The maximum Gasteiger partial charge on any atom is 0.245 e. The molecule has 6 rings (SSSR count). The zero-order valence-electron chi connectivity index (χ0n) is 36.9. The summed E-state index contributed by atoms with van der Waals surface area (Å²) in [5, 5.41) is 38.0. The molecule has 0 aliphatic carbocycles. The van der Waals surface area contributed by atoms with Crippen LogP contribution in [0.15, 0.2) is 85.1 Å². The van der Waals surface area contributed by atoms with Crippen LogP contribution in [0.3, 0.4) is 0 Å². The Kier molecular flexibility index (Phi) is 16.7. The summed E-state index contributed by atoms with van der Waals surface area (Å²) in [6.45, 7) is 1.74. The second kappa shape index (κ2) is 23.0. The Morgan fingerprint density at radius 1 is 0.818 bits per heavy atom. The lowest BCUT2D eigenvalue weighted by atomic mass is 10.0. The summed E-state index contributed by atoms with van der Waals surface area (Å²) < 4.78 is 0. The van der Waals surface area contributed by atoms with Crippen LogP contribution in [-0.2, 0) is 52.8 Å². The number of phenolic OH excluding ortho intramolecular Hbond substituents is 1. The SMILES string of the molecule is CC(=O)N[C@@H](Cc1ccccc1)C(=O)N[C@H]1CCCNC(=O)[C@H](CCCNC(=N)N)NC(=O)[C@H](Cc2c[nH]c3ccccc23)NC(=O)[C@@H](Cc2ccc(O)cc2)NC(=O)[C@@H]2CCCN2C1=O. The normalized spacial score (nSPS) is 21.5. The van der Waals surface area contributed by atoms with E-state index in [0.29, 0.717) is 24.0 Å². The lowest BCUT2D eigenvalue weighted by Crippen LogP contribution is -2.60. The van der Waals surface area contributed by atoms with E-state index in [1.807, 2.05) is 42.5 Å². The number of rotatable bonds is 13. The molecule has 2 aliphatic rings. The van der Waals surface area contributed by atoms with Gasteiger partial charge in [-0.15, -0.1) is 0 Å². The van der Waals surface area contributed by atoms with Crippen molar-refractivity contribution in [2.75, 3.05) is 19.6 Å². The third-order valence-corrected chi connectivity index (χ3v) is 11.8. The van der Waals surface area contributed by atoms with E-state index in [9.17, 15) is 38.7 Å². The van der Waals surface area contributed by atoms with Crippen LogP contribution in [0.1, 0.15) is 62.1 Å². The molecule has 4 aromatic rings. The van der Waals surface area contributed by atoms with E-state index in [1.165, 1.54) is 24.0 Å². The second-order valence-electron chi connectivity index (χ2n) is 16.7. The molecule has 1 aromatic heterocycles. The van der Waals surface area contributed by atoms with Gasteiger partial charge in [-0.05, 0) is 73.4 Å². The van der Waals surface area contributed by atoms with Gasteiger partial charge in [0.15, 0.2) is 5.96 Å². The molecular formula is C47H59N11O8. The smallest absolute Gasteiger partial charge is 0.245 e. The van der Waals surface area contributed by atoms with E-state index < -0.39 is 77.6 Å². The fourth-order valence-electron chi connectivity index (χ4n) is 8.40. The molecule has 2 aliphatic heterocycles. The number of hydrogen-bond donors (Lipinski definition) is 11. The van der Waals surface area contributed by atoms with Crippen LogP contribution in [-0.4, -0.2) is 118 Å². The van der Waals surface area contributed by atoms with Gasteiger partial charge in [0.1, 0.15) is 42.0 Å². The summed E-state index contributed by atoms with van der Waals surface area (Å²) in [5.74, 6) is -4.41. The molecular weight excluding hydrogens is 847 g/mol. The highest BCUT2D eigenvalue weighted by Gasteiger charge is 2.40. The highest BCUT2D eigenvalue weighted by atomic mass is 16.3. The number of hydrogen-bond acceptors (Lipinski definition) is 9. The first kappa shape index (κ1) is 48.0. The number of nitrogens with one attached hydrogen (secondary N) is 9. The van der Waals surface area contributed by atoms with Gasteiger partial charge in [0.05, 0.1) is 0 Å². The number of nitrogens with zero attached hydrogens (tertiary/aromatic N) is 1. The van der Waals surface area contributed by atoms with Gasteiger partial charge < -0.3 is 57.9 Å². The highest BCUT2D eigenvalue weighted by Crippen LogP contribution is 2.22. The summed E-state index contributed by atoms with van der Waals surface area (Å²) >= 11 is 0. The number of amides is 7. The maximum absolute atomic E-state index is 14.6. The summed E-state index contributed by atoms with van der Waals surface area (Å²) in [6, 6.07) is 15.8. The number of nitrogens with two attached hydrogens (primary N) is 1. The third kappa shape index (κ3) is 13.3. The van der Waals surface area contributed by atoms with Gasteiger partial charge in [-0.3, -0.25) is 39.0 Å². The van der Waals surface area contributed by atoms with Gasteiger partial charge in [0.2, 0.25) is 41.4 Å². The molecule has 3 heterocycles. The molecule has 19 nitrogen and oxygen atoms in total. The largest absolute Gasteiger partial charge is 0.508 e. The number of guanidine groups is 1. The molecule has 0 radical (unpaired) electrons. The fraction of sp³-hybridized carbons (Fsp3) is 0.404. The highest BCUT2D eigenvalue weighted by molar-refractivity contribution is 5.98. The molecule has 350 valence electrons. The summed E-state index contributed by atoms with van der Waals surface area (Å²) in [7, 11) is 0. The van der Waals surface area contributed by atoms with Gasteiger partial charge >= 0.3 is 0 Å². The molecule has 2 fully saturated rings. The Balaban J connectivity index is 1.33. The van der Waals surface area contributed by atoms with Crippen molar-refractivity contribution in [2.45, 2.75) is 101 Å². The van der Waals surface area contributed by atoms with Gasteiger partial charge in [0, 0.05) is 62.9 Å². The number of aromatic amines is 1. The predicted molar refractivity (Wildman–Crippen MR) is 245 cm³/mol. The number of fused-ring (bicyclic) bond motifs is 2. The molecule has 0 spiro atoms. The van der Waals surface area contributed by atoms with Crippen LogP contribution >= 0.6 is 0 Å². The zero-order valence-corrected chi connectivity index (χ0v) is 36.9. The minimum absolute atomic E-state index is 0.00621. The van der Waals surface area contributed by atoms with Crippen molar-refractivity contribution < 1.29 is 38.7 Å². The fourth-order valence-corrected chi connectivity index (χ4v) is 8.40. The minimum Gasteiger partial charge on any atom is -0.508 e. The molecule has 7 amide bonds. The predicted octanol–water partition coefficient (Wildman–Crippen LogP) is 0.510. The summed E-state index contributed by atoms with van der Waals surface area (Å²) in [4.78, 5) is 103. The minimum atomic E-state index is -1.28. The van der Waals surface area contributed by atoms with E-state index in [1.54, 1.807) is 30.5 Å². The van der Waals surface area contributed by atoms with Crippen molar-refractivity contribution in [1.82, 2.24) is 47.1 Å². The third-order valence-electron chi connectivity index (χ3n) is 11.8. The van der Waals surface area contributed by atoms with Gasteiger partial charge in [-0.25, -0.2) is 0 Å².